The zero-order valence-corrected chi connectivity index (χ0v) is 13.5. The number of rotatable bonds is 8. The summed E-state index contributed by atoms with van der Waals surface area (Å²) < 4.78 is 34.1. The van der Waals surface area contributed by atoms with E-state index in [4.69, 9.17) is 4.74 Å². The maximum Gasteiger partial charge on any atom is 0.387 e. The Kier molecular flexibility index (Phi) is 6.45. The van der Waals surface area contributed by atoms with Crippen LogP contribution in [0.1, 0.15) is 23.2 Å². The van der Waals surface area contributed by atoms with Gasteiger partial charge in [0.15, 0.2) is 17.3 Å². The number of nitrogens with one attached hydrogen (secondary N) is 1. The number of carbonyl (C=O) groups excluding carboxylic acids is 2. The van der Waals surface area contributed by atoms with Gasteiger partial charge in [-0.05, 0) is 12.1 Å². The zero-order valence-electron chi connectivity index (χ0n) is 13.5. The number of halogens is 2. The molecule has 0 saturated carbocycles. The largest absolute Gasteiger partial charge is 0.493 e. The summed E-state index contributed by atoms with van der Waals surface area (Å²) in [5.41, 5.74) is 0.806. The van der Waals surface area contributed by atoms with E-state index in [1.165, 1.54) is 25.3 Å². The Labute approximate surface area is 143 Å². The van der Waals surface area contributed by atoms with Gasteiger partial charge in [-0.15, -0.1) is 0 Å². The number of ketones is 1. The van der Waals surface area contributed by atoms with Crippen LogP contribution in [0.5, 0.6) is 11.5 Å². The van der Waals surface area contributed by atoms with Crippen LogP contribution in [0.25, 0.3) is 0 Å². The number of hydrogen-bond acceptors (Lipinski definition) is 4. The molecule has 7 heteroatoms. The summed E-state index contributed by atoms with van der Waals surface area (Å²) in [4.78, 5) is 23.9. The highest BCUT2D eigenvalue weighted by atomic mass is 19.3. The minimum atomic E-state index is -3.01. The predicted octanol–water partition coefficient (Wildman–Crippen LogP) is 3.90. The van der Waals surface area contributed by atoms with Gasteiger partial charge >= 0.3 is 6.61 Å². The van der Waals surface area contributed by atoms with Crippen molar-refractivity contribution in [2.45, 2.75) is 19.5 Å². The molecule has 0 aliphatic carbocycles. The fourth-order valence-corrected chi connectivity index (χ4v) is 2.16. The molecule has 0 fully saturated rings. The first-order chi connectivity index (χ1) is 12.0. The third-order valence-electron chi connectivity index (χ3n) is 3.34. The van der Waals surface area contributed by atoms with Gasteiger partial charge < -0.3 is 14.8 Å². The summed E-state index contributed by atoms with van der Waals surface area (Å²) in [6, 6.07) is 12.8. The van der Waals surface area contributed by atoms with Crippen LogP contribution in [0.15, 0.2) is 48.5 Å². The smallest absolute Gasteiger partial charge is 0.387 e. The summed E-state index contributed by atoms with van der Waals surface area (Å²) in [7, 11) is 1.32. The molecule has 2 rings (SSSR count). The quantitative estimate of drug-likeness (QED) is 0.734. The summed E-state index contributed by atoms with van der Waals surface area (Å²) in [6.07, 6.45) is 0.0250. The van der Waals surface area contributed by atoms with Crippen molar-refractivity contribution >= 4 is 17.4 Å². The standard InChI is InChI=1S/C18H17F2NO4/c1-24-15-9-7-13(11-16(15)25-18(19)20)21-17(23)10-8-14(22)12-5-3-2-4-6-12/h2-7,9,11,18H,8,10H2,1H3,(H,21,23). The normalized spacial score (nSPS) is 10.4. The third kappa shape index (κ3) is 5.56. The first-order valence-corrected chi connectivity index (χ1v) is 7.50. The van der Waals surface area contributed by atoms with E-state index in [1.54, 1.807) is 30.3 Å². The SMILES string of the molecule is COc1ccc(NC(=O)CCC(=O)c2ccccc2)cc1OC(F)F. The van der Waals surface area contributed by atoms with Gasteiger partial charge in [0.25, 0.3) is 0 Å². The van der Waals surface area contributed by atoms with Crippen molar-refractivity contribution in [2.24, 2.45) is 0 Å². The number of alkyl halides is 2. The molecule has 132 valence electrons. The highest BCUT2D eigenvalue weighted by Crippen LogP contribution is 2.31. The van der Waals surface area contributed by atoms with Crippen LogP contribution in [-0.2, 0) is 4.79 Å². The van der Waals surface area contributed by atoms with E-state index < -0.39 is 12.5 Å². The second kappa shape index (κ2) is 8.77. The number of amides is 1. The topological polar surface area (TPSA) is 64.6 Å². The van der Waals surface area contributed by atoms with Crippen molar-refractivity contribution in [2.75, 3.05) is 12.4 Å². The van der Waals surface area contributed by atoms with Gasteiger partial charge in [0, 0.05) is 30.2 Å². The lowest BCUT2D eigenvalue weighted by atomic mass is 10.1. The number of carbonyl (C=O) groups is 2. The molecule has 0 heterocycles. The molecule has 0 aromatic heterocycles. The fraction of sp³-hybridized carbons (Fsp3) is 0.222. The minimum absolute atomic E-state index is 0.0230. The third-order valence-corrected chi connectivity index (χ3v) is 3.34. The van der Waals surface area contributed by atoms with E-state index >= 15 is 0 Å². The molecule has 1 amide bonds. The lowest BCUT2D eigenvalue weighted by Gasteiger charge is -2.12. The van der Waals surface area contributed by atoms with Crippen LogP contribution in [0.3, 0.4) is 0 Å². The Morgan fingerprint density at radius 2 is 1.76 bits per heavy atom. The van der Waals surface area contributed by atoms with Crippen LogP contribution in [0.2, 0.25) is 0 Å². The minimum Gasteiger partial charge on any atom is -0.493 e. The molecule has 0 spiro atoms. The Morgan fingerprint density at radius 1 is 1.04 bits per heavy atom. The lowest BCUT2D eigenvalue weighted by Crippen LogP contribution is -2.14. The molecule has 0 aliphatic rings. The molecule has 1 N–H and O–H groups in total. The molecule has 2 aromatic carbocycles. The maximum atomic E-state index is 12.4. The molecular formula is C18H17F2NO4. The highest BCUT2D eigenvalue weighted by molar-refractivity contribution is 6.00. The monoisotopic (exact) mass is 349 g/mol. The van der Waals surface area contributed by atoms with E-state index in [2.05, 4.69) is 10.1 Å². The Bertz CT molecular complexity index is 735. The average Bonchev–Trinajstić information content (AvgIpc) is 2.60. The second-order valence-electron chi connectivity index (χ2n) is 5.08. The van der Waals surface area contributed by atoms with Gasteiger partial charge in [-0.25, -0.2) is 0 Å². The molecule has 0 aliphatic heterocycles. The van der Waals surface area contributed by atoms with Crippen LogP contribution in [-0.4, -0.2) is 25.4 Å². The first-order valence-electron chi connectivity index (χ1n) is 7.50. The van der Waals surface area contributed by atoms with Crippen LogP contribution in [0.4, 0.5) is 14.5 Å². The van der Waals surface area contributed by atoms with Crippen LogP contribution >= 0.6 is 0 Å². The van der Waals surface area contributed by atoms with E-state index in [-0.39, 0.29) is 35.8 Å². The van der Waals surface area contributed by atoms with Gasteiger partial charge in [-0.3, -0.25) is 9.59 Å². The fourth-order valence-electron chi connectivity index (χ4n) is 2.16. The lowest BCUT2D eigenvalue weighted by molar-refractivity contribution is -0.116. The molecule has 0 bridgehead atoms. The number of hydrogen-bond donors (Lipinski definition) is 1. The van der Waals surface area contributed by atoms with E-state index in [1.807, 2.05) is 0 Å². The highest BCUT2D eigenvalue weighted by Gasteiger charge is 2.13. The summed E-state index contributed by atoms with van der Waals surface area (Å²) in [5.74, 6) is -0.613. The summed E-state index contributed by atoms with van der Waals surface area (Å²) >= 11 is 0. The number of Topliss-reactive ketones (excluding diaryl/α,β-unsaturated/α-hetero) is 1. The van der Waals surface area contributed by atoms with E-state index in [0.717, 1.165) is 0 Å². The molecule has 0 radical (unpaired) electrons. The molecule has 0 saturated heterocycles. The van der Waals surface area contributed by atoms with Gasteiger partial charge in [0.05, 0.1) is 7.11 Å². The average molecular weight is 349 g/mol. The maximum absolute atomic E-state index is 12.4. The molecule has 5 nitrogen and oxygen atoms in total. The molecule has 2 aromatic rings. The molecule has 25 heavy (non-hydrogen) atoms. The van der Waals surface area contributed by atoms with Crippen molar-refractivity contribution in [3.63, 3.8) is 0 Å². The van der Waals surface area contributed by atoms with Crippen molar-refractivity contribution in [3.8, 4) is 11.5 Å². The van der Waals surface area contributed by atoms with E-state index in [0.29, 0.717) is 5.56 Å². The van der Waals surface area contributed by atoms with Crippen molar-refractivity contribution in [1.82, 2.24) is 0 Å². The Balaban J connectivity index is 1.95. The molecule has 0 atom stereocenters. The zero-order chi connectivity index (χ0) is 18.2. The van der Waals surface area contributed by atoms with Crippen LogP contribution < -0.4 is 14.8 Å². The van der Waals surface area contributed by atoms with Gasteiger partial charge in [0.1, 0.15) is 0 Å². The first kappa shape index (κ1) is 18.4. The number of anilines is 1. The van der Waals surface area contributed by atoms with E-state index in [9.17, 15) is 18.4 Å². The molecule has 0 unspecified atom stereocenters. The summed E-state index contributed by atoms with van der Waals surface area (Å²) in [6.45, 7) is -3.01. The second-order valence-corrected chi connectivity index (χ2v) is 5.08. The van der Waals surface area contributed by atoms with Gasteiger partial charge in [-0.1, -0.05) is 30.3 Å². The van der Waals surface area contributed by atoms with Crippen molar-refractivity contribution in [1.29, 1.82) is 0 Å². The number of ether oxygens (including phenoxy) is 2. The predicted molar refractivity (Wildman–Crippen MR) is 88.3 cm³/mol. The van der Waals surface area contributed by atoms with Gasteiger partial charge in [0.2, 0.25) is 5.91 Å². The Morgan fingerprint density at radius 3 is 2.40 bits per heavy atom. The van der Waals surface area contributed by atoms with Crippen molar-refractivity contribution < 1.29 is 27.8 Å². The Hall–Kier alpha value is -2.96. The van der Waals surface area contributed by atoms with Gasteiger partial charge in [-0.2, -0.15) is 8.78 Å². The van der Waals surface area contributed by atoms with Crippen LogP contribution in [0, 0.1) is 0 Å². The molecular weight excluding hydrogens is 332 g/mol. The van der Waals surface area contributed by atoms with Crippen molar-refractivity contribution in [3.05, 3.63) is 54.1 Å². The number of benzene rings is 2. The summed E-state index contributed by atoms with van der Waals surface area (Å²) in [5, 5.41) is 2.54. The number of methoxy groups -OCH3 is 1.